The van der Waals surface area contributed by atoms with Crippen LogP contribution in [0.2, 0.25) is 0 Å². The SMILES string of the molecule is CN=C(NN)N(C)C(C)CCSC. The van der Waals surface area contributed by atoms with Crippen LogP contribution in [0.4, 0.5) is 0 Å². The Bertz CT molecular complexity index is 160. The first-order valence-electron chi connectivity index (χ1n) is 4.32. The molecule has 0 aliphatic carbocycles. The summed E-state index contributed by atoms with van der Waals surface area (Å²) in [6, 6.07) is 0.460. The standard InChI is InChI=1S/C8H20N4S/c1-7(5-6-13-4)12(3)8(10-2)11-9/h7H,5-6,9H2,1-4H3,(H,10,11). The van der Waals surface area contributed by atoms with E-state index in [1.165, 1.54) is 0 Å². The summed E-state index contributed by atoms with van der Waals surface area (Å²) in [7, 11) is 3.72. The van der Waals surface area contributed by atoms with Gasteiger partial charge in [0.2, 0.25) is 5.96 Å². The highest BCUT2D eigenvalue weighted by molar-refractivity contribution is 7.98. The minimum atomic E-state index is 0.460. The quantitative estimate of drug-likeness (QED) is 0.303. The molecule has 1 atom stereocenters. The molecule has 0 radical (unpaired) electrons. The molecule has 0 aromatic rings. The molecule has 3 N–H and O–H groups in total. The zero-order valence-electron chi connectivity index (χ0n) is 8.87. The van der Waals surface area contributed by atoms with Gasteiger partial charge in [0.15, 0.2) is 0 Å². The lowest BCUT2D eigenvalue weighted by atomic mass is 10.2. The molecule has 0 saturated carbocycles. The monoisotopic (exact) mass is 204 g/mol. The van der Waals surface area contributed by atoms with Gasteiger partial charge in [0, 0.05) is 20.1 Å². The number of nitrogens with zero attached hydrogens (tertiary/aromatic N) is 2. The smallest absolute Gasteiger partial charge is 0.208 e. The van der Waals surface area contributed by atoms with Crippen LogP contribution in [0.3, 0.4) is 0 Å². The topological polar surface area (TPSA) is 53.6 Å². The molecule has 0 aromatic heterocycles. The van der Waals surface area contributed by atoms with Crippen LogP contribution >= 0.6 is 11.8 Å². The van der Waals surface area contributed by atoms with Gasteiger partial charge in [0.25, 0.3) is 0 Å². The highest BCUT2D eigenvalue weighted by Gasteiger charge is 2.11. The number of nitrogens with two attached hydrogens (primary N) is 1. The molecule has 0 spiro atoms. The highest BCUT2D eigenvalue weighted by Crippen LogP contribution is 2.05. The van der Waals surface area contributed by atoms with Gasteiger partial charge in [-0.05, 0) is 25.4 Å². The van der Waals surface area contributed by atoms with E-state index in [1.54, 1.807) is 7.05 Å². The number of hydrogen-bond acceptors (Lipinski definition) is 3. The van der Waals surface area contributed by atoms with E-state index < -0.39 is 0 Å². The molecule has 13 heavy (non-hydrogen) atoms. The van der Waals surface area contributed by atoms with E-state index in [0.717, 1.165) is 18.1 Å². The van der Waals surface area contributed by atoms with Gasteiger partial charge in [-0.15, -0.1) is 0 Å². The van der Waals surface area contributed by atoms with Gasteiger partial charge in [-0.2, -0.15) is 11.8 Å². The summed E-state index contributed by atoms with van der Waals surface area (Å²) in [5, 5.41) is 0. The molecule has 0 amide bonds. The van der Waals surface area contributed by atoms with Gasteiger partial charge in [-0.25, -0.2) is 5.84 Å². The van der Waals surface area contributed by atoms with Crippen molar-refractivity contribution in [1.82, 2.24) is 10.3 Å². The Balaban J connectivity index is 3.99. The second kappa shape index (κ2) is 7.03. The minimum absolute atomic E-state index is 0.460. The summed E-state index contributed by atoms with van der Waals surface area (Å²) in [4.78, 5) is 6.09. The van der Waals surface area contributed by atoms with E-state index in [0.29, 0.717) is 6.04 Å². The lowest BCUT2D eigenvalue weighted by Crippen LogP contribution is -2.46. The molecule has 0 aliphatic rings. The molecule has 0 rings (SSSR count). The summed E-state index contributed by atoms with van der Waals surface area (Å²) < 4.78 is 0. The maximum Gasteiger partial charge on any atom is 0.208 e. The fourth-order valence-electron chi connectivity index (χ4n) is 1.01. The summed E-state index contributed by atoms with van der Waals surface area (Å²) in [6.45, 7) is 2.17. The fraction of sp³-hybridized carbons (Fsp3) is 0.875. The normalized spacial score (nSPS) is 14.1. The van der Waals surface area contributed by atoms with Crippen molar-refractivity contribution < 1.29 is 0 Å². The molecular weight excluding hydrogens is 184 g/mol. The highest BCUT2D eigenvalue weighted by atomic mass is 32.2. The van der Waals surface area contributed by atoms with Crippen LogP contribution in [0.5, 0.6) is 0 Å². The average Bonchev–Trinajstić information content (AvgIpc) is 2.15. The first-order valence-corrected chi connectivity index (χ1v) is 5.71. The van der Waals surface area contributed by atoms with Crippen molar-refractivity contribution in [3.8, 4) is 0 Å². The van der Waals surface area contributed by atoms with E-state index in [1.807, 2.05) is 18.8 Å². The second-order valence-corrected chi connectivity index (χ2v) is 3.92. The van der Waals surface area contributed by atoms with E-state index in [2.05, 4.69) is 28.5 Å². The molecular formula is C8H20N4S. The van der Waals surface area contributed by atoms with E-state index in [-0.39, 0.29) is 0 Å². The average molecular weight is 204 g/mol. The largest absolute Gasteiger partial charge is 0.342 e. The van der Waals surface area contributed by atoms with Crippen molar-refractivity contribution in [2.24, 2.45) is 10.8 Å². The predicted octanol–water partition coefficient (Wildman–Crippen LogP) is 0.509. The lowest BCUT2D eigenvalue weighted by molar-refractivity contribution is 0.370. The minimum Gasteiger partial charge on any atom is -0.342 e. The number of guanidine groups is 1. The zero-order valence-corrected chi connectivity index (χ0v) is 9.69. The Morgan fingerprint density at radius 1 is 1.69 bits per heavy atom. The third-order valence-electron chi connectivity index (χ3n) is 2.08. The molecule has 0 heterocycles. The Morgan fingerprint density at radius 2 is 2.31 bits per heavy atom. The van der Waals surface area contributed by atoms with E-state index >= 15 is 0 Å². The van der Waals surface area contributed by atoms with Crippen molar-refractivity contribution in [3.63, 3.8) is 0 Å². The summed E-state index contributed by atoms with van der Waals surface area (Å²) in [5.41, 5.74) is 2.58. The Hall–Kier alpha value is -0.420. The predicted molar refractivity (Wildman–Crippen MR) is 60.9 cm³/mol. The fourth-order valence-corrected chi connectivity index (χ4v) is 1.59. The van der Waals surface area contributed by atoms with E-state index in [4.69, 9.17) is 5.84 Å². The molecule has 78 valence electrons. The summed E-state index contributed by atoms with van der Waals surface area (Å²) >= 11 is 1.86. The molecule has 4 nitrogen and oxygen atoms in total. The van der Waals surface area contributed by atoms with Crippen LogP contribution in [0.1, 0.15) is 13.3 Å². The van der Waals surface area contributed by atoms with Gasteiger partial charge in [-0.3, -0.25) is 10.4 Å². The van der Waals surface area contributed by atoms with Crippen molar-refractivity contribution in [2.75, 3.05) is 26.1 Å². The van der Waals surface area contributed by atoms with Gasteiger partial charge in [-0.1, -0.05) is 0 Å². The van der Waals surface area contributed by atoms with Crippen molar-refractivity contribution in [3.05, 3.63) is 0 Å². The number of aliphatic imine (C=N–C) groups is 1. The number of hydrazine groups is 1. The van der Waals surface area contributed by atoms with Crippen LogP contribution in [0.15, 0.2) is 4.99 Å². The van der Waals surface area contributed by atoms with Gasteiger partial charge in [0.1, 0.15) is 0 Å². The third-order valence-corrected chi connectivity index (χ3v) is 2.72. The van der Waals surface area contributed by atoms with Crippen LogP contribution in [0.25, 0.3) is 0 Å². The van der Waals surface area contributed by atoms with Gasteiger partial charge >= 0.3 is 0 Å². The Labute approximate surface area is 84.9 Å². The van der Waals surface area contributed by atoms with Crippen LogP contribution in [-0.2, 0) is 0 Å². The second-order valence-electron chi connectivity index (χ2n) is 2.93. The number of rotatable bonds is 4. The van der Waals surface area contributed by atoms with Gasteiger partial charge in [0.05, 0.1) is 0 Å². The molecule has 1 unspecified atom stereocenters. The van der Waals surface area contributed by atoms with Crippen molar-refractivity contribution in [2.45, 2.75) is 19.4 Å². The Morgan fingerprint density at radius 3 is 2.69 bits per heavy atom. The third kappa shape index (κ3) is 4.38. The Kier molecular flexibility index (Phi) is 6.80. The van der Waals surface area contributed by atoms with Crippen molar-refractivity contribution >= 4 is 17.7 Å². The lowest BCUT2D eigenvalue weighted by Gasteiger charge is -2.27. The molecule has 0 aromatic carbocycles. The summed E-state index contributed by atoms with van der Waals surface area (Å²) in [5.74, 6) is 7.21. The van der Waals surface area contributed by atoms with E-state index in [9.17, 15) is 0 Å². The summed E-state index contributed by atoms with van der Waals surface area (Å²) in [6.07, 6.45) is 3.25. The number of nitrogens with one attached hydrogen (secondary N) is 1. The maximum atomic E-state index is 5.32. The zero-order chi connectivity index (χ0) is 10.3. The van der Waals surface area contributed by atoms with Crippen LogP contribution in [0, 0.1) is 0 Å². The van der Waals surface area contributed by atoms with Gasteiger partial charge < -0.3 is 4.90 Å². The number of thioether (sulfide) groups is 1. The molecule has 0 saturated heterocycles. The molecule has 0 bridgehead atoms. The maximum absolute atomic E-state index is 5.32. The molecule has 5 heteroatoms. The number of hydrogen-bond donors (Lipinski definition) is 2. The molecule has 0 fully saturated rings. The van der Waals surface area contributed by atoms with Crippen LogP contribution < -0.4 is 11.3 Å². The first-order chi connectivity index (χ1) is 6.17. The van der Waals surface area contributed by atoms with Crippen LogP contribution in [-0.4, -0.2) is 43.0 Å². The molecule has 0 aliphatic heterocycles. The van der Waals surface area contributed by atoms with Crippen molar-refractivity contribution in [1.29, 1.82) is 0 Å². The first kappa shape index (κ1) is 12.6.